The summed E-state index contributed by atoms with van der Waals surface area (Å²) in [4.78, 5) is 41.7. The fourth-order valence-electron chi connectivity index (χ4n) is 5.03. The van der Waals surface area contributed by atoms with Crippen molar-refractivity contribution in [3.63, 3.8) is 0 Å². The average Bonchev–Trinajstić information content (AvgIpc) is 3.76. The highest BCUT2D eigenvalue weighted by Gasteiger charge is 2.48. The molecule has 10 nitrogen and oxygen atoms in total. The maximum Gasteiger partial charge on any atom is 0.270 e. The summed E-state index contributed by atoms with van der Waals surface area (Å²) in [6.45, 7) is 6.13. The van der Waals surface area contributed by atoms with E-state index in [-0.39, 0.29) is 29.3 Å². The van der Waals surface area contributed by atoms with Crippen LogP contribution >= 0.6 is 0 Å². The van der Waals surface area contributed by atoms with Gasteiger partial charge in [-0.15, -0.1) is 0 Å². The van der Waals surface area contributed by atoms with Crippen molar-refractivity contribution in [1.82, 2.24) is 29.9 Å². The number of pyridine rings is 1. The van der Waals surface area contributed by atoms with E-state index in [1.807, 2.05) is 26.8 Å². The minimum absolute atomic E-state index is 0.0298. The van der Waals surface area contributed by atoms with Gasteiger partial charge in [0.05, 0.1) is 18.4 Å². The lowest BCUT2D eigenvalue weighted by atomic mass is 9.88. The zero-order valence-corrected chi connectivity index (χ0v) is 20.9. The van der Waals surface area contributed by atoms with Crippen LogP contribution in [0.3, 0.4) is 0 Å². The van der Waals surface area contributed by atoms with Gasteiger partial charge in [-0.05, 0) is 81.9 Å². The molecule has 3 heterocycles. The van der Waals surface area contributed by atoms with Crippen LogP contribution in [0, 0.1) is 24.7 Å². The van der Waals surface area contributed by atoms with E-state index in [4.69, 9.17) is 0 Å². The molecule has 0 aromatic carbocycles. The summed E-state index contributed by atoms with van der Waals surface area (Å²) in [7, 11) is 0. The normalized spacial score (nSPS) is 16.4. The molecule has 0 saturated heterocycles. The zero-order chi connectivity index (χ0) is 25.4. The van der Waals surface area contributed by atoms with Crippen LogP contribution in [-0.2, 0) is 11.3 Å². The van der Waals surface area contributed by atoms with Gasteiger partial charge in [0.2, 0.25) is 5.91 Å². The van der Waals surface area contributed by atoms with Gasteiger partial charge in [0, 0.05) is 30.2 Å². The lowest BCUT2D eigenvalue weighted by molar-refractivity contribution is -0.119. The van der Waals surface area contributed by atoms with Crippen molar-refractivity contribution in [2.75, 3.05) is 5.32 Å². The molecule has 36 heavy (non-hydrogen) atoms. The maximum atomic E-state index is 13.6. The van der Waals surface area contributed by atoms with Crippen molar-refractivity contribution in [2.24, 2.45) is 17.8 Å². The topological polar surface area (TPSA) is 127 Å². The molecule has 3 N–H and O–H groups in total. The Morgan fingerprint density at radius 3 is 2.56 bits per heavy atom. The van der Waals surface area contributed by atoms with Gasteiger partial charge in [-0.2, -0.15) is 10.2 Å². The van der Waals surface area contributed by atoms with Gasteiger partial charge < -0.3 is 15.6 Å². The molecule has 2 aliphatic carbocycles. The number of carbonyl (C=O) groups excluding carboxylic acids is 2. The molecule has 0 bridgehead atoms. The molecule has 1 atom stereocenters. The number of nitrogens with zero attached hydrogens (tertiary/aromatic N) is 4. The number of hydrogen-bond acceptors (Lipinski definition) is 5. The summed E-state index contributed by atoms with van der Waals surface area (Å²) in [6, 6.07) is 2.89. The second kappa shape index (κ2) is 9.75. The lowest BCUT2D eigenvalue weighted by Gasteiger charge is -2.27. The van der Waals surface area contributed by atoms with Crippen LogP contribution < -0.4 is 16.2 Å². The van der Waals surface area contributed by atoms with Gasteiger partial charge in [-0.1, -0.05) is 0 Å². The summed E-state index contributed by atoms with van der Waals surface area (Å²) >= 11 is 0. The van der Waals surface area contributed by atoms with Crippen LogP contribution in [0.4, 0.5) is 5.69 Å². The van der Waals surface area contributed by atoms with Gasteiger partial charge in [-0.25, -0.2) is 0 Å². The molecule has 1 unspecified atom stereocenters. The number of hydrogen-bond donors (Lipinski definition) is 3. The minimum Gasteiger partial charge on any atom is -0.339 e. The molecular formula is C26H33N7O3. The van der Waals surface area contributed by atoms with Gasteiger partial charge >= 0.3 is 0 Å². The first kappa shape index (κ1) is 24.0. The molecule has 10 heteroatoms. The first-order chi connectivity index (χ1) is 17.3. The molecule has 2 aliphatic rings. The number of nitrogens with one attached hydrogen (secondary N) is 3. The molecule has 190 valence electrons. The quantitative estimate of drug-likeness (QED) is 0.402. The Kier molecular flexibility index (Phi) is 6.51. The first-order valence-electron chi connectivity index (χ1n) is 12.7. The van der Waals surface area contributed by atoms with E-state index in [1.165, 1.54) is 0 Å². The van der Waals surface area contributed by atoms with Crippen LogP contribution in [0.25, 0.3) is 0 Å². The van der Waals surface area contributed by atoms with E-state index < -0.39 is 6.04 Å². The molecule has 5 rings (SSSR count). The summed E-state index contributed by atoms with van der Waals surface area (Å²) in [5.41, 5.74) is 2.35. The number of anilines is 1. The summed E-state index contributed by atoms with van der Waals surface area (Å²) < 4.78 is 3.29. The molecule has 0 spiro atoms. The number of H-pyrrole nitrogens is 1. The van der Waals surface area contributed by atoms with E-state index >= 15 is 0 Å². The molecule has 3 aromatic heterocycles. The van der Waals surface area contributed by atoms with Crippen molar-refractivity contribution in [3.8, 4) is 0 Å². The fourth-order valence-corrected chi connectivity index (χ4v) is 5.03. The molecule has 2 amide bonds. The van der Waals surface area contributed by atoms with Crippen LogP contribution in [0.15, 0.2) is 41.7 Å². The number of amides is 2. The predicted octanol–water partition coefficient (Wildman–Crippen LogP) is 2.88. The highest BCUT2D eigenvalue weighted by Crippen LogP contribution is 2.50. The Hall–Kier alpha value is -3.69. The van der Waals surface area contributed by atoms with E-state index in [0.29, 0.717) is 35.3 Å². The standard InChI is InChI=1S/C26H33N7O3/c1-15(2)33-21(8-9-28-33)25(35)31-23(22(17-4-5-17)18-6-7-18)26(36)30-20-12-29-32(14-20)13-19-10-16(3)11-27-24(19)34/h8-12,14-15,17-18,22-23H,4-7,13H2,1-3H3,(H,27,34)(H,30,36)(H,31,35). The van der Waals surface area contributed by atoms with Crippen LogP contribution in [-0.4, -0.2) is 42.4 Å². The second-order valence-corrected chi connectivity index (χ2v) is 10.4. The number of aryl methyl sites for hydroxylation is 1. The minimum atomic E-state index is -0.643. The van der Waals surface area contributed by atoms with Crippen molar-refractivity contribution in [2.45, 2.75) is 65.1 Å². The lowest BCUT2D eigenvalue weighted by Crippen LogP contribution is -2.50. The van der Waals surface area contributed by atoms with Crippen LogP contribution in [0.5, 0.6) is 0 Å². The Labute approximate surface area is 209 Å². The Morgan fingerprint density at radius 2 is 1.89 bits per heavy atom. The summed E-state index contributed by atoms with van der Waals surface area (Å²) in [5, 5.41) is 14.6. The van der Waals surface area contributed by atoms with Crippen molar-refractivity contribution in [3.05, 3.63) is 64.1 Å². The zero-order valence-electron chi connectivity index (χ0n) is 20.9. The van der Waals surface area contributed by atoms with Crippen molar-refractivity contribution >= 4 is 17.5 Å². The highest BCUT2D eigenvalue weighted by atomic mass is 16.2. The SMILES string of the molecule is Cc1c[nH]c(=O)c(Cn2cc(NC(=O)C(NC(=O)c3ccnn3C(C)C)C(C3CC3)C3CC3)cn2)c1. The summed E-state index contributed by atoms with van der Waals surface area (Å²) in [6.07, 6.45) is 10.9. The Morgan fingerprint density at radius 1 is 1.17 bits per heavy atom. The first-order valence-corrected chi connectivity index (χ1v) is 12.7. The third-order valence-electron chi connectivity index (χ3n) is 7.04. The second-order valence-electron chi connectivity index (χ2n) is 10.4. The monoisotopic (exact) mass is 491 g/mol. The van der Waals surface area contributed by atoms with Crippen LogP contribution in [0.2, 0.25) is 0 Å². The Bertz CT molecular complexity index is 1300. The average molecular weight is 492 g/mol. The van der Waals surface area contributed by atoms with Gasteiger partial charge in [0.25, 0.3) is 11.5 Å². The molecule has 2 saturated carbocycles. The maximum absolute atomic E-state index is 13.6. The predicted molar refractivity (Wildman–Crippen MR) is 135 cm³/mol. The number of carbonyl (C=O) groups is 2. The highest BCUT2D eigenvalue weighted by molar-refractivity contribution is 6.00. The van der Waals surface area contributed by atoms with Gasteiger partial charge in [-0.3, -0.25) is 23.7 Å². The van der Waals surface area contributed by atoms with E-state index in [1.54, 1.807) is 40.2 Å². The van der Waals surface area contributed by atoms with Crippen LogP contribution in [0.1, 0.15) is 67.2 Å². The smallest absolute Gasteiger partial charge is 0.270 e. The Balaban J connectivity index is 1.33. The largest absolute Gasteiger partial charge is 0.339 e. The molecular weight excluding hydrogens is 458 g/mol. The third-order valence-corrected chi connectivity index (χ3v) is 7.04. The number of aromatic amines is 1. The van der Waals surface area contributed by atoms with Crippen molar-refractivity contribution < 1.29 is 9.59 Å². The number of aromatic nitrogens is 5. The molecule has 2 fully saturated rings. The van der Waals surface area contributed by atoms with Crippen molar-refractivity contribution in [1.29, 1.82) is 0 Å². The van der Waals surface area contributed by atoms with E-state index in [2.05, 4.69) is 25.8 Å². The molecule has 0 aliphatic heterocycles. The van der Waals surface area contributed by atoms with E-state index in [9.17, 15) is 14.4 Å². The van der Waals surface area contributed by atoms with E-state index in [0.717, 1.165) is 31.2 Å². The molecule has 3 aromatic rings. The van der Waals surface area contributed by atoms with Gasteiger partial charge in [0.15, 0.2) is 0 Å². The van der Waals surface area contributed by atoms with Gasteiger partial charge in [0.1, 0.15) is 11.7 Å². The summed E-state index contributed by atoms with van der Waals surface area (Å²) in [5.74, 6) is 0.502. The third kappa shape index (κ3) is 5.27. The fraction of sp³-hybridized carbons (Fsp3) is 0.500. The number of rotatable bonds is 10. The molecule has 0 radical (unpaired) electrons.